The largest absolute Gasteiger partial charge is 0.383 e. The fraction of sp³-hybridized carbons (Fsp3) is 0.364. The summed E-state index contributed by atoms with van der Waals surface area (Å²) in [4.78, 5) is 17.6. The van der Waals surface area contributed by atoms with E-state index in [9.17, 15) is 10.1 Å². The molecule has 0 radical (unpaired) electrons. The van der Waals surface area contributed by atoms with E-state index in [4.69, 9.17) is 11.6 Å². The number of benzene rings is 2. The van der Waals surface area contributed by atoms with Crippen LogP contribution in [0.3, 0.4) is 0 Å². The van der Waals surface area contributed by atoms with Gasteiger partial charge in [-0.15, -0.1) is 5.10 Å². The molecule has 2 aromatic carbocycles. The van der Waals surface area contributed by atoms with Crippen LogP contribution < -0.4 is 16.2 Å². The van der Waals surface area contributed by atoms with Crippen LogP contribution in [-0.2, 0) is 12.6 Å². The molecule has 3 aromatic heterocycles. The molecule has 1 saturated carbocycles. The second-order valence-corrected chi connectivity index (χ2v) is 13.1. The summed E-state index contributed by atoms with van der Waals surface area (Å²) in [6.45, 7) is 9.24. The molecule has 43 heavy (non-hydrogen) atoms. The van der Waals surface area contributed by atoms with E-state index in [1.54, 1.807) is 24.0 Å². The number of nitrogens with one attached hydrogen (secondary N) is 2. The molecule has 6 rings (SSSR count). The molecule has 10 heteroatoms. The molecule has 0 spiro atoms. The maximum atomic E-state index is 13.1. The van der Waals surface area contributed by atoms with Gasteiger partial charge < -0.3 is 15.2 Å². The number of aromatic nitrogens is 5. The minimum Gasteiger partial charge on any atom is -0.383 e. The summed E-state index contributed by atoms with van der Waals surface area (Å²) in [5.74, 6) is 0. The predicted octanol–water partition coefficient (Wildman–Crippen LogP) is 6.76. The lowest BCUT2D eigenvalue weighted by Crippen LogP contribution is -2.20. The summed E-state index contributed by atoms with van der Waals surface area (Å²) in [5, 5.41) is 28.9. The van der Waals surface area contributed by atoms with Gasteiger partial charge in [-0.3, -0.25) is 9.78 Å². The molecule has 0 amide bonds. The second kappa shape index (κ2) is 10.7. The van der Waals surface area contributed by atoms with E-state index in [0.717, 1.165) is 47.0 Å². The monoisotopic (exact) mass is 594 g/mol. The highest BCUT2D eigenvalue weighted by Crippen LogP contribution is 2.46. The molecule has 5 aromatic rings. The smallest absolute Gasteiger partial charge is 0.258 e. The van der Waals surface area contributed by atoms with Gasteiger partial charge in [0, 0.05) is 42.4 Å². The first kappa shape index (κ1) is 28.7. The number of pyridine rings is 2. The van der Waals surface area contributed by atoms with Crippen molar-refractivity contribution in [2.24, 2.45) is 12.5 Å². The molecule has 9 nitrogen and oxygen atoms in total. The van der Waals surface area contributed by atoms with Crippen molar-refractivity contribution in [3.63, 3.8) is 0 Å². The lowest BCUT2D eigenvalue weighted by atomic mass is 9.96. The number of hydrogen-bond donors (Lipinski definition) is 2. The van der Waals surface area contributed by atoms with Crippen molar-refractivity contribution in [2.75, 3.05) is 17.2 Å². The summed E-state index contributed by atoms with van der Waals surface area (Å²) in [7, 11) is 1.75. The molecule has 220 valence electrons. The van der Waals surface area contributed by atoms with E-state index in [1.165, 1.54) is 0 Å². The highest BCUT2D eigenvalue weighted by molar-refractivity contribution is 6.35. The van der Waals surface area contributed by atoms with Crippen LogP contribution >= 0.6 is 11.6 Å². The van der Waals surface area contributed by atoms with Crippen molar-refractivity contribution >= 4 is 44.7 Å². The average molecular weight is 595 g/mol. The lowest BCUT2D eigenvalue weighted by Gasteiger charge is -2.23. The molecule has 1 aliphatic carbocycles. The van der Waals surface area contributed by atoms with E-state index in [1.807, 2.05) is 47.3 Å². The van der Waals surface area contributed by atoms with E-state index in [0.29, 0.717) is 33.7 Å². The van der Waals surface area contributed by atoms with Gasteiger partial charge in [-0.05, 0) is 59.9 Å². The molecule has 0 saturated heterocycles. The van der Waals surface area contributed by atoms with Crippen LogP contribution in [0.5, 0.6) is 0 Å². The van der Waals surface area contributed by atoms with Crippen LogP contribution in [0, 0.1) is 16.7 Å². The molecule has 0 aliphatic heterocycles. The first-order valence-corrected chi connectivity index (χ1v) is 14.9. The Balaban J connectivity index is 1.51. The van der Waals surface area contributed by atoms with Crippen molar-refractivity contribution < 1.29 is 0 Å². The third kappa shape index (κ3) is 5.32. The molecular weight excluding hydrogens is 560 g/mol. The first-order chi connectivity index (χ1) is 20.5. The standard InChI is InChI=1S/C33H35ClN8O/c1-6-33(11-12-33)42-18-27(39-40-42)30(23-8-7-9-24-22(23)10-13-41(5)31(24)43)38-21-14-25-28(37-19-32(2,3)4)20(16-35)17-36-29(25)26(34)15-21/h7-10,13-15,17-18,30,38H,6,11-12,19H2,1-5H3,(H,36,37)/t30-/m0/s1. The number of rotatable bonds is 8. The molecule has 2 N–H and O–H groups in total. The number of nitrogens with zero attached hydrogens (tertiary/aromatic N) is 6. The van der Waals surface area contributed by atoms with Gasteiger partial charge in [-0.1, -0.05) is 56.6 Å². The molecular formula is C33H35ClN8O. The molecule has 1 aliphatic rings. The van der Waals surface area contributed by atoms with Crippen molar-refractivity contribution in [1.29, 1.82) is 5.26 Å². The molecule has 0 bridgehead atoms. The highest BCUT2D eigenvalue weighted by Gasteiger charge is 2.44. The van der Waals surface area contributed by atoms with E-state index >= 15 is 0 Å². The maximum absolute atomic E-state index is 13.1. The SMILES string of the molecule is CCC1(n2cc([C@@H](Nc3cc(Cl)c4ncc(C#N)c(NCC(C)(C)C)c4c3)c3cccc4c(=O)n(C)ccc34)nn2)CC1. The first-order valence-electron chi connectivity index (χ1n) is 14.6. The van der Waals surface area contributed by atoms with Crippen LogP contribution in [0.2, 0.25) is 5.02 Å². The predicted molar refractivity (Wildman–Crippen MR) is 172 cm³/mol. The summed E-state index contributed by atoms with van der Waals surface area (Å²) in [6.07, 6.45) is 8.50. The summed E-state index contributed by atoms with van der Waals surface area (Å²) in [5.41, 5.74) is 4.05. The number of hydrogen-bond acceptors (Lipinski definition) is 7. The van der Waals surface area contributed by atoms with Gasteiger partial charge in [-0.2, -0.15) is 5.26 Å². The summed E-state index contributed by atoms with van der Waals surface area (Å²) >= 11 is 6.83. The Kier molecular flexibility index (Phi) is 7.13. The molecule has 1 atom stereocenters. The second-order valence-electron chi connectivity index (χ2n) is 12.7. The fourth-order valence-corrected chi connectivity index (χ4v) is 5.90. The van der Waals surface area contributed by atoms with Crippen molar-refractivity contribution in [1.82, 2.24) is 24.5 Å². The Morgan fingerprint density at radius 3 is 2.65 bits per heavy atom. The third-order valence-corrected chi connectivity index (χ3v) is 8.68. The van der Waals surface area contributed by atoms with Crippen LogP contribution in [-0.4, -0.2) is 31.1 Å². The van der Waals surface area contributed by atoms with Crippen LogP contribution in [0.25, 0.3) is 21.7 Å². The van der Waals surface area contributed by atoms with Gasteiger partial charge in [-0.25, -0.2) is 4.68 Å². The van der Waals surface area contributed by atoms with Crippen molar-refractivity contribution in [2.45, 2.75) is 58.5 Å². The van der Waals surface area contributed by atoms with Gasteiger partial charge in [0.25, 0.3) is 5.56 Å². The van der Waals surface area contributed by atoms with Gasteiger partial charge in [0.2, 0.25) is 0 Å². The highest BCUT2D eigenvalue weighted by atomic mass is 35.5. The molecule has 1 fully saturated rings. The zero-order valence-corrected chi connectivity index (χ0v) is 25.8. The number of fused-ring (bicyclic) bond motifs is 2. The van der Waals surface area contributed by atoms with Gasteiger partial charge in [0.15, 0.2) is 0 Å². The van der Waals surface area contributed by atoms with Gasteiger partial charge in [0.05, 0.1) is 39.6 Å². The van der Waals surface area contributed by atoms with Crippen LogP contribution in [0.15, 0.2) is 59.8 Å². The fourth-order valence-electron chi connectivity index (χ4n) is 5.63. The van der Waals surface area contributed by atoms with Crippen molar-refractivity contribution in [3.05, 3.63) is 87.2 Å². The number of aryl methyl sites for hydroxylation is 1. The van der Waals surface area contributed by atoms with Crippen LogP contribution in [0.4, 0.5) is 11.4 Å². The summed E-state index contributed by atoms with van der Waals surface area (Å²) in [6, 6.07) is 13.4. The number of halogens is 1. The van der Waals surface area contributed by atoms with Crippen molar-refractivity contribution in [3.8, 4) is 6.07 Å². The average Bonchev–Trinajstić information content (AvgIpc) is 3.63. The zero-order chi connectivity index (χ0) is 30.5. The number of anilines is 2. The Morgan fingerprint density at radius 2 is 1.95 bits per heavy atom. The Hall–Kier alpha value is -4.42. The zero-order valence-electron chi connectivity index (χ0n) is 25.1. The minimum atomic E-state index is -0.441. The Labute approximate surface area is 255 Å². The van der Waals surface area contributed by atoms with Gasteiger partial charge in [0.1, 0.15) is 11.8 Å². The van der Waals surface area contributed by atoms with E-state index < -0.39 is 6.04 Å². The molecule has 0 unspecified atom stereocenters. The Morgan fingerprint density at radius 1 is 1.16 bits per heavy atom. The van der Waals surface area contributed by atoms with Crippen LogP contribution in [0.1, 0.15) is 69.8 Å². The molecule has 3 heterocycles. The van der Waals surface area contributed by atoms with E-state index in [2.05, 4.69) is 59.7 Å². The summed E-state index contributed by atoms with van der Waals surface area (Å²) < 4.78 is 3.57. The topological polar surface area (TPSA) is 113 Å². The quantitative estimate of drug-likeness (QED) is 0.204. The normalized spacial score (nSPS) is 14.9. The maximum Gasteiger partial charge on any atom is 0.258 e. The Bertz CT molecular complexity index is 1960. The van der Waals surface area contributed by atoms with Gasteiger partial charge >= 0.3 is 0 Å². The third-order valence-electron chi connectivity index (χ3n) is 8.40. The minimum absolute atomic E-state index is 0.0122. The van der Waals surface area contributed by atoms with E-state index in [-0.39, 0.29) is 16.5 Å². The number of nitriles is 1. The lowest BCUT2D eigenvalue weighted by molar-refractivity contribution is 0.407.